The molecule has 134 valence electrons. The van der Waals surface area contributed by atoms with Gasteiger partial charge in [-0.05, 0) is 18.8 Å². The molecule has 1 aliphatic heterocycles. The Labute approximate surface area is 144 Å². The van der Waals surface area contributed by atoms with Crippen LogP contribution < -0.4 is 14.4 Å². The van der Waals surface area contributed by atoms with E-state index in [0.29, 0.717) is 18.3 Å². The highest BCUT2D eigenvalue weighted by atomic mass is 16.5. The average Bonchev–Trinajstić information content (AvgIpc) is 3.10. The van der Waals surface area contributed by atoms with Gasteiger partial charge in [-0.15, -0.1) is 5.10 Å². The van der Waals surface area contributed by atoms with E-state index in [9.17, 15) is 4.79 Å². The minimum Gasteiger partial charge on any atom is -0.481 e. The van der Waals surface area contributed by atoms with Gasteiger partial charge in [-0.25, -0.2) is 4.79 Å². The zero-order valence-electron chi connectivity index (χ0n) is 14.1. The van der Waals surface area contributed by atoms with E-state index in [1.54, 1.807) is 17.9 Å². The predicted molar refractivity (Wildman–Crippen MR) is 87.1 cm³/mol. The lowest BCUT2D eigenvalue weighted by molar-refractivity contribution is 0.0690. The molecule has 2 aromatic rings. The predicted octanol–water partition coefficient (Wildman–Crippen LogP) is 0.700. The number of carboxylic acids is 1. The van der Waals surface area contributed by atoms with Crippen molar-refractivity contribution in [2.45, 2.75) is 19.4 Å². The van der Waals surface area contributed by atoms with E-state index in [2.05, 4.69) is 25.2 Å². The van der Waals surface area contributed by atoms with E-state index in [1.807, 2.05) is 0 Å². The minimum atomic E-state index is -1.07. The summed E-state index contributed by atoms with van der Waals surface area (Å²) in [4.78, 5) is 21.6. The summed E-state index contributed by atoms with van der Waals surface area (Å²) in [5.41, 5.74) is -0.0436. The molecule has 0 spiro atoms. The number of rotatable bonds is 6. The zero-order chi connectivity index (χ0) is 17.8. The van der Waals surface area contributed by atoms with Gasteiger partial charge in [0, 0.05) is 25.7 Å². The molecule has 0 radical (unpaired) electrons. The number of nitrogens with zero attached hydrogens (tertiary/aromatic N) is 6. The lowest BCUT2D eigenvalue weighted by Crippen LogP contribution is -2.37. The summed E-state index contributed by atoms with van der Waals surface area (Å²) in [6.45, 7) is 2.25. The van der Waals surface area contributed by atoms with Crippen molar-refractivity contribution in [2.75, 3.05) is 32.2 Å². The smallest absolute Gasteiger partial charge is 0.358 e. The maximum atomic E-state index is 10.9. The molecule has 1 N–H and O–H groups in total. The van der Waals surface area contributed by atoms with E-state index < -0.39 is 5.97 Å². The number of hydrogen-bond donors (Lipinski definition) is 1. The van der Waals surface area contributed by atoms with Gasteiger partial charge in [-0.1, -0.05) is 5.21 Å². The Morgan fingerprint density at radius 2 is 2.20 bits per heavy atom. The van der Waals surface area contributed by atoms with E-state index in [1.165, 1.54) is 13.3 Å². The molecule has 10 nitrogen and oxygen atoms in total. The monoisotopic (exact) mass is 348 g/mol. The fourth-order valence-electron chi connectivity index (χ4n) is 2.92. The molecule has 3 rings (SSSR count). The van der Waals surface area contributed by atoms with Crippen LogP contribution in [0.25, 0.3) is 0 Å². The summed E-state index contributed by atoms with van der Waals surface area (Å²) in [5.74, 6) is 0.435. The third kappa shape index (κ3) is 3.95. The molecule has 0 amide bonds. The number of carboxylic acid groups (broad SMARTS) is 1. The number of aromatic nitrogens is 5. The number of carbonyl (C=O) groups is 1. The summed E-state index contributed by atoms with van der Waals surface area (Å²) in [7, 11) is 3.07. The van der Waals surface area contributed by atoms with Gasteiger partial charge in [-0.2, -0.15) is 9.97 Å². The Morgan fingerprint density at radius 3 is 2.88 bits per heavy atom. The highest BCUT2D eigenvalue weighted by molar-refractivity contribution is 5.84. The van der Waals surface area contributed by atoms with Crippen LogP contribution in [0.3, 0.4) is 0 Å². The molecule has 1 saturated heterocycles. The van der Waals surface area contributed by atoms with Crippen LogP contribution in [0.1, 0.15) is 23.3 Å². The third-order valence-corrected chi connectivity index (χ3v) is 4.11. The van der Waals surface area contributed by atoms with Crippen LogP contribution >= 0.6 is 0 Å². The first kappa shape index (κ1) is 16.9. The van der Waals surface area contributed by atoms with Gasteiger partial charge in [0.15, 0.2) is 5.69 Å². The standard InChI is InChI=1S/C15H20N6O4/c1-24-13-6-12(16-15(17-13)25-2)20-5-3-4-10(7-20)8-21-9-11(14(22)23)18-19-21/h6,9-10H,3-5,7-8H2,1-2H3,(H,22,23)/t10-/m1/s1. The molecule has 0 aliphatic carbocycles. The van der Waals surface area contributed by atoms with Crippen molar-refractivity contribution in [2.24, 2.45) is 5.92 Å². The van der Waals surface area contributed by atoms with Gasteiger partial charge in [0.2, 0.25) is 5.88 Å². The molecular formula is C15H20N6O4. The summed E-state index contributed by atoms with van der Waals surface area (Å²) < 4.78 is 11.9. The first-order chi connectivity index (χ1) is 12.1. The Hall–Kier alpha value is -2.91. The van der Waals surface area contributed by atoms with Gasteiger partial charge in [0.25, 0.3) is 0 Å². The number of anilines is 1. The lowest BCUT2D eigenvalue weighted by atomic mass is 9.98. The van der Waals surface area contributed by atoms with Crippen molar-refractivity contribution in [3.8, 4) is 11.9 Å². The van der Waals surface area contributed by atoms with Crippen molar-refractivity contribution in [3.05, 3.63) is 18.0 Å². The normalized spacial score (nSPS) is 17.4. The van der Waals surface area contributed by atoms with Crippen LogP contribution in [0.4, 0.5) is 5.82 Å². The van der Waals surface area contributed by atoms with Gasteiger partial charge in [0.1, 0.15) is 5.82 Å². The fraction of sp³-hybridized carbons (Fsp3) is 0.533. The van der Waals surface area contributed by atoms with Crippen LogP contribution in [0.2, 0.25) is 0 Å². The first-order valence-corrected chi connectivity index (χ1v) is 7.94. The molecule has 1 aliphatic rings. The van der Waals surface area contributed by atoms with Gasteiger partial charge in [-0.3, -0.25) is 4.68 Å². The van der Waals surface area contributed by atoms with E-state index in [4.69, 9.17) is 14.6 Å². The van der Waals surface area contributed by atoms with Crippen molar-refractivity contribution < 1.29 is 19.4 Å². The Bertz CT molecular complexity index is 727. The second-order valence-corrected chi connectivity index (χ2v) is 5.84. The summed E-state index contributed by atoms with van der Waals surface area (Å²) >= 11 is 0. The van der Waals surface area contributed by atoms with Gasteiger partial charge < -0.3 is 19.5 Å². The molecule has 2 aromatic heterocycles. The molecule has 0 bridgehead atoms. The minimum absolute atomic E-state index is 0.0436. The molecule has 1 fully saturated rings. The van der Waals surface area contributed by atoms with Crippen molar-refractivity contribution >= 4 is 11.8 Å². The number of methoxy groups -OCH3 is 2. The Kier molecular flexibility index (Phi) is 4.96. The van der Waals surface area contributed by atoms with Crippen molar-refractivity contribution in [1.82, 2.24) is 25.0 Å². The topological polar surface area (TPSA) is 115 Å². The number of ether oxygens (including phenoxy) is 2. The highest BCUT2D eigenvalue weighted by Crippen LogP contribution is 2.26. The molecule has 1 atom stereocenters. The average molecular weight is 348 g/mol. The molecule has 0 saturated carbocycles. The second kappa shape index (κ2) is 7.32. The molecule has 3 heterocycles. The van der Waals surface area contributed by atoms with E-state index in [-0.39, 0.29) is 11.7 Å². The van der Waals surface area contributed by atoms with Gasteiger partial charge in [0.05, 0.1) is 20.4 Å². The number of aromatic carboxylic acids is 1. The van der Waals surface area contributed by atoms with Crippen LogP contribution in [0.15, 0.2) is 12.3 Å². The Morgan fingerprint density at radius 1 is 1.36 bits per heavy atom. The molecule has 0 unspecified atom stereocenters. The number of hydrogen-bond acceptors (Lipinski definition) is 8. The number of piperidine rings is 1. The van der Waals surface area contributed by atoms with Gasteiger partial charge >= 0.3 is 12.0 Å². The SMILES string of the molecule is COc1cc(N2CCC[C@@H](Cn3cc(C(=O)O)nn3)C2)nc(OC)n1. The fourth-order valence-corrected chi connectivity index (χ4v) is 2.92. The van der Waals surface area contributed by atoms with E-state index in [0.717, 1.165) is 31.7 Å². The van der Waals surface area contributed by atoms with Crippen LogP contribution in [0.5, 0.6) is 11.9 Å². The highest BCUT2D eigenvalue weighted by Gasteiger charge is 2.23. The lowest BCUT2D eigenvalue weighted by Gasteiger charge is -2.33. The Balaban J connectivity index is 1.71. The summed E-state index contributed by atoms with van der Waals surface area (Å²) in [5, 5.41) is 16.5. The zero-order valence-corrected chi connectivity index (χ0v) is 14.1. The summed E-state index contributed by atoms with van der Waals surface area (Å²) in [6.07, 6.45) is 3.48. The first-order valence-electron chi connectivity index (χ1n) is 7.94. The maximum Gasteiger partial charge on any atom is 0.358 e. The van der Waals surface area contributed by atoms with Crippen molar-refractivity contribution in [3.63, 3.8) is 0 Å². The molecule has 0 aromatic carbocycles. The molecular weight excluding hydrogens is 328 g/mol. The van der Waals surface area contributed by atoms with Crippen LogP contribution in [-0.4, -0.2) is 63.3 Å². The van der Waals surface area contributed by atoms with Crippen LogP contribution in [0, 0.1) is 5.92 Å². The van der Waals surface area contributed by atoms with Crippen LogP contribution in [-0.2, 0) is 6.54 Å². The quantitative estimate of drug-likeness (QED) is 0.805. The van der Waals surface area contributed by atoms with Crippen molar-refractivity contribution in [1.29, 1.82) is 0 Å². The molecule has 10 heteroatoms. The second-order valence-electron chi connectivity index (χ2n) is 5.84. The maximum absolute atomic E-state index is 10.9. The summed E-state index contributed by atoms with van der Waals surface area (Å²) in [6, 6.07) is 2.04. The largest absolute Gasteiger partial charge is 0.481 e. The third-order valence-electron chi connectivity index (χ3n) is 4.11. The molecule has 25 heavy (non-hydrogen) atoms. The van der Waals surface area contributed by atoms with E-state index >= 15 is 0 Å².